The Morgan fingerprint density at radius 1 is 0.935 bits per heavy atom. The van der Waals surface area contributed by atoms with Crippen molar-refractivity contribution in [1.29, 1.82) is 0 Å². The zero-order chi connectivity index (χ0) is 21.8. The average molecular weight is 411 g/mol. The number of hydrogen-bond donors (Lipinski definition) is 1. The highest BCUT2D eigenvalue weighted by atomic mass is 16.5. The van der Waals surface area contributed by atoms with Crippen molar-refractivity contribution in [2.75, 3.05) is 12.4 Å². The van der Waals surface area contributed by atoms with Gasteiger partial charge in [-0.3, -0.25) is 14.6 Å². The first-order valence-corrected chi connectivity index (χ1v) is 9.76. The van der Waals surface area contributed by atoms with Crippen LogP contribution < -0.4 is 10.1 Å². The predicted molar refractivity (Wildman–Crippen MR) is 120 cm³/mol. The molecule has 4 rings (SSSR count). The van der Waals surface area contributed by atoms with E-state index >= 15 is 0 Å². The van der Waals surface area contributed by atoms with Crippen molar-refractivity contribution in [2.45, 2.75) is 6.92 Å². The van der Waals surface area contributed by atoms with Gasteiger partial charge < -0.3 is 14.6 Å². The number of Topliss-reactive ketones (excluding diaryl/α,β-unsaturated/α-hetero) is 1. The van der Waals surface area contributed by atoms with Crippen molar-refractivity contribution in [3.63, 3.8) is 0 Å². The summed E-state index contributed by atoms with van der Waals surface area (Å²) in [5.74, 6) is -0.553. The first-order chi connectivity index (χ1) is 15.1. The minimum absolute atomic E-state index is 0.348. The lowest BCUT2D eigenvalue weighted by atomic mass is 10.1. The summed E-state index contributed by atoms with van der Waals surface area (Å²) >= 11 is 0. The van der Waals surface area contributed by atoms with Crippen LogP contribution in [-0.4, -0.2) is 28.4 Å². The molecule has 154 valence electrons. The summed E-state index contributed by atoms with van der Waals surface area (Å²) in [6.07, 6.45) is 3.11. The van der Waals surface area contributed by atoms with Gasteiger partial charge in [0, 0.05) is 35.0 Å². The fourth-order valence-electron chi connectivity index (χ4n) is 3.47. The highest BCUT2D eigenvalue weighted by Gasteiger charge is 2.24. The fraction of sp³-hybridized carbons (Fsp3) is 0.0800. The standard InChI is InChI=1S/C25H21N3O3/c1-17-22(24(29)25(30)27-19-12-14-26-15-13-19)16-23(18-6-4-3-5-7-18)28(17)20-8-10-21(31-2)11-9-20/h3-16H,1-2H3,(H,26,27,30). The molecule has 2 aromatic heterocycles. The predicted octanol–water partition coefficient (Wildman–Crippen LogP) is 4.68. The Balaban J connectivity index is 1.77. The first-order valence-electron chi connectivity index (χ1n) is 9.76. The molecule has 2 aromatic carbocycles. The average Bonchev–Trinajstić information content (AvgIpc) is 3.16. The van der Waals surface area contributed by atoms with Crippen LogP contribution in [0, 0.1) is 6.92 Å². The molecule has 2 heterocycles. The summed E-state index contributed by atoms with van der Waals surface area (Å²) in [5.41, 5.74) is 4.17. The van der Waals surface area contributed by atoms with Crippen molar-refractivity contribution in [1.82, 2.24) is 9.55 Å². The van der Waals surface area contributed by atoms with Gasteiger partial charge in [-0.2, -0.15) is 0 Å². The van der Waals surface area contributed by atoms with E-state index < -0.39 is 11.7 Å². The minimum atomic E-state index is -0.694. The summed E-state index contributed by atoms with van der Waals surface area (Å²) in [6.45, 7) is 1.84. The molecule has 0 saturated heterocycles. The van der Waals surface area contributed by atoms with Gasteiger partial charge in [0.05, 0.1) is 12.8 Å². The SMILES string of the molecule is COc1ccc(-n2c(-c3ccccc3)cc(C(=O)C(=O)Nc3ccncc3)c2C)cc1. The van der Waals surface area contributed by atoms with Crippen LogP contribution in [0.3, 0.4) is 0 Å². The molecule has 31 heavy (non-hydrogen) atoms. The van der Waals surface area contributed by atoms with E-state index in [0.29, 0.717) is 16.9 Å². The Bertz CT molecular complexity index is 1210. The molecule has 0 fully saturated rings. The summed E-state index contributed by atoms with van der Waals surface area (Å²) in [7, 11) is 1.61. The van der Waals surface area contributed by atoms with Crippen LogP contribution in [-0.2, 0) is 4.79 Å². The molecule has 0 spiro atoms. The molecule has 0 aliphatic rings. The summed E-state index contributed by atoms with van der Waals surface area (Å²) < 4.78 is 7.23. The zero-order valence-electron chi connectivity index (χ0n) is 17.2. The summed E-state index contributed by atoms with van der Waals surface area (Å²) in [6, 6.07) is 22.4. The monoisotopic (exact) mass is 411 g/mol. The van der Waals surface area contributed by atoms with Gasteiger partial charge >= 0.3 is 0 Å². The van der Waals surface area contributed by atoms with Gasteiger partial charge in [-0.05, 0) is 55.0 Å². The Hall–Kier alpha value is -4.19. The lowest BCUT2D eigenvalue weighted by Crippen LogP contribution is -2.23. The van der Waals surface area contributed by atoms with Crippen LogP contribution in [0.5, 0.6) is 5.75 Å². The fourth-order valence-corrected chi connectivity index (χ4v) is 3.47. The van der Waals surface area contributed by atoms with E-state index in [1.165, 1.54) is 0 Å². The second kappa shape index (κ2) is 8.67. The first kappa shape index (κ1) is 20.1. The molecule has 1 amide bonds. The number of pyridine rings is 1. The summed E-state index contributed by atoms with van der Waals surface area (Å²) in [5, 5.41) is 2.64. The van der Waals surface area contributed by atoms with Gasteiger partial charge in [0.25, 0.3) is 11.7 Å². The number of ketones is 1. The smallest absolute Gasteiger partial charge is 0.296 e. The third-order valence-electron chi connectivity index (χ3n) is 5.04. The van der Waals surface area contributed by atoms with Crippen molar-refractivity contribution >= 4 is 17.4 Å². The number of rotatable bonds is 6. The van der Waals surface area contributed by atoms with Gasteiger partial charge in [0.1, 0.15) is 5.75 Å². The number of hydrogen-bond acceptors (Lipinski definition) is 4. The van der Waals surface area contributed by atoms with E-state index in [0.717, 1.165) is 22.7 Å². The topological polar surface area (TPSA) is 73.2 Å². The molecule has 0 unspecified atom stereocenters. The number of carbonyl (C=O) groups is 2. The molecular formula is C25H21N3O3. The van der Waals surface area contributed by atoms with Gasteiger partial charge in [0.15, 0.2) is 0 Å². The third kappa shape index (κ3) is 4.09. The molecule has 0 atom stereocenters. The normalized spacial score (nSPS) is 10.5. The van der Waals surface area contributed by atoms with Crippen LogP contribution >= 0.6 is 0 Å². The Morgan fingerprint density at radius 3 is 2.26 bits per heavy atom. The molecule has 6 heteroatoms. The molecule has 0 saturated carbocycles. The Kier molecular flexibility index (Phi) is 5.62. The molecular weight excluding hydrogens is 390 g/mol. The van der Waals surface area contributed by atoms with Crippen molar-refractivity contribution in [3.05, 3.63) is 96.4 Å². The van der Waals surface area contributed by atoms with E-state index in [9.17, 15) is 9.59 Å². The van der Waals surface area contributed by atoms with E-state index in [1.54, 1.807) is 37.7 Å². The number of anilines is 1. The van der Waals surface area contributed by atoms with E-state index in [2.05, 4.69) is 10.3 Å². The van der Waals surface area contributed by atoms with Crippen LogP contribution in [0.4, 0.5) is 5.69 Å². The van der Waals surface area contributed by atoms with Gasteiger partial charge in [0.2, 0.25) is 0 Å². The second-order valence-corrected chi connectivity index (χ2v) is 6.95. The number of amides is 1. The third-order valence-corrected chi connectivity index (χ3v) is 5.04. The maximum absolute atomic E-state index is 13.0. The second-order valence-electron chi connectivity index (χ2n) is 6.95. The van der Waals surface area contributed by atoms with Gasteiger partial charge in [-0.25, -0.2) is 0 Å². The number of ether oxygens (including phenoxy) is 1. The molecule has 0 radical (unpaired) electrons. The maximum atomic E-state index is 13.0. The molecule has 0 aliphatic carbocycles. The van der Waals surface area contributed by atoms with E-state index in [4.69, 9.17) is 4.74 Å². The molecule has 0 aliphatic heterocycles. The molecule has 6 nitrogen and oxygen atoms in total. The highest BCUT2D eigenvalue weighted by molar-refractivity contribution is 6.47. The lowest BCUT2D eigenvalue weighted by Gasteiger charge is -2.13. The molecule has 0 bridgehead atoms. The Morgan fingerprint density at radius 2 is 1.61 bits per heavy atom. The van der Waals surface area contributed by atoms with Crippen molar-refractivity contribution in [2.24, 2.45) is 0 Å². The van der Waals surface area contributed by atoms with Crippen molar-refractivity contribution in [3.8, 4) is 22.7 Å². The number of methoxy groups -OCH3 is 1. The molecule has 1 N–H and O–H groups in total. The number of benzene rings is 2. The van der Waals surface area contributed by atoms with Crippen molar-refractivity contribution < 1.29 is 14.3 Å². The van der Waals surface area contributed by atoms with Gasteiger partial charge in [-0.15, -0.1) is 0 Å². The molecule has 4 aromatic rings. The number of aromatic nitrogens is 2. The number of carbonyl (C=O) groups excluding carboxylic acids is 2. The van der Waals surface area contributed by atoms with E-state index in [1.807, 2.05) is 66.1 Å². The quantitative estimate of drug-likeness (QED) is 0.369. The van der Waals surface area contributed by atoms with Crippen LogP contribution in [0.25, 0.3) is 16.9 Å². The van der Waals surface area contributed by atoms with E-state index in [-0.39, 0.29) is 0 Å². The highest BCUT2D eigenvalue weighted by Crippen LogP contribution is 2.30. The lowest BCUT2D eigenvalue weighted by molar-refractivity contribution is -0.112. The Labute approximate surface area is 180 Å². The van der Waals surface area contributed by atoms with Crippen LogP contribution in [0.1, 0.15) is 16.1 Å². The minimum Gasteiger partial charge on any atom is -0.497 e. The maximum Gasteiger partial charge on any atom is 0.296 e. The summed E-state index contributed by atoms with van der Waals surface area (Å²) in [4.78, 5) is 29.6. The van der Waals surface area contributed by atoms with Crippen LogP contribution in [0.15, 0.2) is 85.2 Å². The number of nitrogens with one attached hydrogen (secondary N) is 1. The van der Waals surface area contributed by atoms with Crippen LogP contribution in [0.2, 0.25) is 0 Å². The largest absolute Gasteiger partial charge is 0.497 e. The number of nitrogens with zero attached hydrogens (tertiary/aromatic N) is 2. The zero-order valence-corrected chi connectivity index (χ0v) is 17.2. The van der Waals surface area contributed by atoms with Gasteiger partial charge in [-0.1, -0.05) is 30.3 Å².